The van der Waals surface area contributed by atoms with E-state index >= 15 is 0 Å². The highest BCUT2D eigenvalue weighted by atomic mass is 32.1. The number of anilines is 2. The Balaban J connectivity index is 1.62. The van der Waals surface area contributed by atoms with Crippen LogP contribution in [0.1, 0.15) is 40.8 Å². The molecule has 1 atom stereocenters. The molecule has 1 aliphatic rings. The third-order valence-electron chi connectivity index (χ3n) is 5.18. The van der Waals surface area contributed by atoms with Crippen molar-refractivity contribution in [1.82, 2.24) is 19.7 Å². The molecular formula is C20H26N6O2S. The van der Waals surface area contributed by atoms with Crippen LogP contribution in [0.5, 0.6) is 0 Å². The van der Waals surface area contributed by atoms with E-state index in [4.69, 9.17) is 4.74 Å². The number of thiophene rings is 1. The number of aryl methyl sites for hydroxylation is 3. The molecule has 8 nitrogen and oxygen atoms in total. The van der Waals surface area contributed by atoms with Crippen molar-refractivity contribution in [1.29, 1.82) is 0 Å². The molecule has 1 fully saturated rings. The fraction of sp³-hybridized carbons (Fsp3) is 0.500. The summed E-state index contributed by atoms with van der Waals surface area (Å²) in [6.45, 7) is 7.89. The summed E-state index contributed by atoms with van der Waals surface area (Å²) in [5, 5.41) is 8.84. The number of carbonyl (C=O) groups excluding carboxylic acids is 1. The number of esters is 1. The van der Waals surface area contributed by atoms with Crippen LogP contribution in [-0.2, 0) is 11.8 Å². The van der Waals surface area contributed by atoms with Crippen LogP contribution in [-0.4, -0.2) is 51.5 Å². The Hall–Kier alpha value is -2.68. The van der Waals surface area contributed by atoms with E-state index in [0.717, 1.165) is 53.2 Å². The van der Waals surface area contributed by atoms with Crippen LogP contribution in [0.25, 0.3) is 10.2 Å². The van der Waals surface area contributed by atoms with Crippen molar-refractivity contribution in [2.24, 2.45) is 7.05 Å². The molecule has 4 heterocycles. The lowest BCUT2D eigenvalue weighted by Gasteiger charge is -2.34. The molecule has 1 unspecified atom stereocenters. The molecule has 0 aliphatic carbocycles. The smallest absolute Gasteiger partial charge is 0.348 e. The second-order valence-electron chi connectivity index (χ2n) is 7.38. The Morgan fingerprint density at radius 3 is 2.93 bits per heavy atom. The summed E-state index contributed by atoms with van der Waals surface area (Å²) in [6.07, 6.45) is 6.11. The summed E-state index contributed by atoms with van der Waals surface area (Å²) < 4.78 is 7.04. The fourth-order valence-electron chi connectivity index (χ4n) is 3.84. The zero-order chi connectivity index (χ0) is 20.5. The Bertz CT molecular complexity index is 1040. The van der Waals surface area contributed by atoms with Crippen molar-refractivity contribution in [3.05, 3.63) is 28.7 Å². The molecule has 1 saturated heterocycles. The lowest BCUT2D eigenvalue weighted by atomic mass is 10.0. The average Bonchev–Trinajstić information content (AvgIpc) is 3.26. The first-order chi connectivity index (χ1) is 14.0. The number of aromatic nitrogens is 4. The quantitative estimate of drug-likeness (QED) is 0.641. The maximum Gasteiger partial charge on any atom is 0.348 e. The minimum atomic E-state index is -0.294. The van der Waals surface area contributed by atoms with Crippen LogP contribution in [0.4, 0.5) is 11.5 Å². The van der Waals surface area contributed by atoms with Gasteiger partial charge in [-0.05, 0) is 39.2 Å². The van der Waals surface area contributed by atoms with Gasteiger partial charge >= 0.3 is 5.97 Å². The van der Waals surface area contributed by atoms with Crippen molar-refractivity contribution in [2.75, 3.05) is 29.9 Å². The van der Waals surface area contributed by atoms with E-state index in [2.05, 4.69) is 25.3 Å². The highest BCUT2D eigenvalue weighted by Gasteiger charge is 2.25. The minimum Gasteiger partial charge on any atom is -0.462 e. The number of ether oxygens (including phenoxy) is 1. The molecule has 1 N–H and O–H groups in total. The van der Waals surface area contributed by atoms with Gasteiger partial charge in [0.25, 0.3) is 0 Å². The Morgan fingerprint density at radius 2 is 2.21 bits per heavy atom. The summed E-state index contributed by atoms with van der Waals surface area (Å²) in [5.41, 5.74) is 2.02. The summed E-state index contributed by atoms with van der Waals surface area (Å²) in [6, 6.07) is 0.256. The maximum absolute atomic E-state index is 12.3. The molecule has 0 saturated carbocycles. The average molecular weight is 415 g/mol. The van der Waals surface area contributed by atoms with Crippen molar-refractivity contribution in [2.45, 2.75) is 39.7 Å². The Kier molecular flexibility index (Phi) is 5.40. The minimum absolute atomic E-state index is 0.256. The van der Waals surface area contributed by atoms with Gasteiger partial charge in [0, 0.05) is 32.4 Å². The van der Waals surface area contributed by atoms with Gasteiger partial charge in [0.15, 0.2) is 0 Å². The van der Waals surface area contributed by atoms with E-state index in [1.165, 1.54) is 11.3 Å². The molecule has 0 spiro atoms. The second kappa shape index (κ2) is 7.98. The number of nitrogens with one attached hydrogen (secondary N) is 1. The highest BCUT2D eigenvalue weighted by molar-refractivity contribution is 7.20. The predicted molar refractivity (Wildman–Crippen MR) is 115 cm³/mol. The zero-order valence-electron chi connectivity index (χ0n) is 17.2. The number of fused-ring (bicyclic) bond motifs is 1. The molecule has 1 aliphatic heterocycles. The van der Waals surface area contributed by atoms with Crippen LogP contribution < -0.4 is 10.2 Å². The van der Waals surface area contributed by atoms with Crippen molar-refractivity contribution >= 4 is 39.0 Å². The van der Waals surface area contributed by atoms with Gasteiger partial charge in [0.1, 0.15) is 21.3 Å². The molecule has 4 rings (SSSR count). The summed E-state index contributed by atoms with van der Waals surface area (Å²) in [4.78, 5) is 25.3. The predicted octanol–water partition coefficient (Wildman–Crippen LogP) is 3.30. The van der Waals surface area contributed by atoms with E-state index in [1.807, 2.05) is 44.9 Å². The zero-order valence-corrected chi connectivity index (χ0v) is 18.0. The van der Waals surface area contributed by atoms with Crippen LogP contribution in [0.3, 0.4) is 0 Å². The van der Waals surface area contributed by atoms with E-state index < -0.39 is 0 Å². The topological polar surface area (TPSA) is 85.2 Å². The molecule has 3 aromatic heterocycles. The van der Waals surface area contributed by atoms with Gasteiger partial charge in [0.2, 0.25) is 0 Å². The van der Waals surface area contributed by atoms with Gasteiger partial charge in [0.05, 0.1) is 23.9 Å². The lowest BCUT2D eigenvalue weighted by Crippen LogP contribution is -2.42. The first-order valence-electron chi connectivity index (χ1n) is 9.91. The third-order valence-corrected chi connectivity index (χ3v) is 6.35. The number of piperidine rings is 1. The third kappa shape index (κ3) is 3.91. The van der Waals surface area contributed by atoms with E-state index in [1.54, 1.807) is 0 Å². The number of rotatable bonds is 5. The van der Waals surface area contributed by atoms with Gasteiger partial charge in [-0.15, -0.1) is 11.3 Å². The van der Waals surface area contributed by atoms with Crippen molar-refractivity contribution in [3.8, 4) is 0 Å². The highest BCUT2D eigenvalue weighted by Crippen LogP contribution is 2.35. The van der Waals surface area contributed by atoms with Gasteiger partial charge in [-0.2, -0.15) is 5.10 Å². The van der Waals surface area contributed by atoms with Gasteiger partial charge in [-0.3, -0.25) is 4.68 Å². The van der Waals surface area contributed by atoms with Gasteiger partial charge in [-0.1, -0.05) is 0 Å². The fourth-order valence-corrected chi connectivity index (χ4v) is 4.96. The van der Waals surface area contributed by atoms with E-state index in [-0.39, 0.29) is 12.0 Å². The molecule has 154 valence electrons. The SMILES string of the molecule is CCOC(=O)c1sc2nc(C)nc(NC3CCCN(c4cnn(C)c4)C3)c2c1C. The van der Waals surface area contributed by atoms with Crippen LogP contribution >= 0.6 is 11.3 Å². The van der Waals surface area contributed by atoms with Crippen LogP contribution in [0, 0.1) is 13.8 Å². The van der Waals surface area contributed by atoms with E-state index in [0.29, 0.717) is 17.3 Å². The molecule has 9 heteroatoms. The molecule has 0 bridgehead atoms. The summed E-state index contributed by atoms with van der Waals surface area (Å²) >= 11 is 1.38. The van der Waals surface area contributed by atoms with E-state index in [9.17, 15) is 4.79 Å². The number of hydrogen-bond acceptors (Lipinski definition) is 8. The monoisotopic (exact) mass is 414 g/mol. The molecule has 3 aromatic rings. The first kappa shape index (κ1) is 19.6. The standard InChI is InChI=1S/C20H26N6O2S/c1-5-28-20(27)17-12(2)16-18(22-13(3)23-19(16)29-17)24-14-7-6-8-26(10-14)15-9-21-25(4)11-15/h9,11,14H,5-8,10H2,1-4H3,(H,22,23,24). The number of hydrogen-bond donors (Lipinski definition) is 1. The molecule has 0 aromatic carbocycles. The van der Waals surface area contributed by atoms with Crippen molar-refractivity contribution in [3.63, 3.8) is 0 Å². The molecule has 0 amide bonds. The van der Waals surface area contributed by atoms with Gasteiger partial charge in [-0.25, -0.2) is 14.8 Å². The number of carbonyl (C=O) groups is 1. The normalized spacial score (nSPS) is 17.0. The summed E-state index contributed by atoms with van der Waals surface area (Å²) in [7, 11) is 1.93. The first-order valence-corrected chi connectivity index (χ1v) is 10.7. The maximum atomic E-state index is 12.3. The van der Waals surface area contributed by atoms with Crippen LogP contribution in [0.2, 0.25) is 0 Å². The molecule has 29 heavy (non-hydrogen) atoms. The van der Waals surface area contributed by atoms with Gasteiger partial charge < -0.3 is 15.0 Å². The largest absolute Gasteiger partial charge is 0.462 e. The molecule has 0 radical (unpaired) electrons. The van der Waals surface area contributed by atoms with Crippen LogP contribution in [0.15, 0.2) is 12.4 Å². The molecular weight excluding hydrogens is 388 g/mol. The second-order valence-corrected chi connectivity index (χ2v) is 8.38. The number of nitrogens with zero attached hydrogens (tertiary/aromatic N) is 5. The lowest BCUT2D eigenvalue weighted by molar-refractivity contribution is 0.0531. The Morgan fingerprint density at radius 1 is 1.38 bits per heavy atom. The summed E-state index contributed by atoms with van der Waals surface area (Å²) in [5.74, 6) is 1.20. The Labute approximate surface area is 173 Å². The van der Waals surface area contributed by atoms with Crippen molar-refractivity contribution < 1.29 is 9.53 Å².